The van der Waals surface area contributed by atoms with E-state index in [0.717, 1.165) is 6.07 Å². The summed E-state index contributed by atoms with van der Waals surface area (Å²) in [5, 5.41) is 15.0. The van der Waals surface area contributed by atoms with Gasteiger partial charge in [0.2, 0.25) is 0 Å². The number of aromatic nitrogens is 1. The van der Waals surface area contributed by atoms with Gasteiger partial charge in [0.25, 0.3) is 5.91 Å². The zero-order valence-electron chi connectivity index (χ0n) is 11.1. The molecule has 0 fully saturated rings. The molecule has 0 unspecified atom stereocenters. The highest BCUT2D eigenvalue weighted by molar-refractivity contribution is 5.96. The highest BCUT2D eigenvalue weighted by Gasteiger charge is 2.12. The fourth-order valence-corrected chi connectivity index (χ4v) is 1.62. The molecule has 0 atom stereocenters. The van der Waals surface area contributed by atoms with Gasteiger partial charge in [0.15, 0.2) is 0 Å². The Kier molecular flexibility index (Phi) is 5.07. The van der Waals surface area contributed by atoms with E-state index in [1.54, 1.807) is 6.07 Å². The molecule has 0 aliphatic heterocycles. The van der Waals surface area contributed by atoms with E-state index in [1.165, 1.54) is 18.4 Å². The molecule has 1 heterocycles. The van der Waals surface area contributed by atoms with Crippen molar-refractivity contribution in [3.05, 3.63) is 53.2 Å². The topological polar surface area (TPSA) is 75.4 Å². The SMILES string of the molecule is O=C(NCc1ccon1)c1cc(F)ccc1C#CCCO. The van der Waals surface area contributed by atoms with Crippen molar-refractivity contribution in [2.24, 2.45) is 0 Å². The molecule has 21 heavy (non-hydrogen) atoms. The molecular weight excluding hydrogens is 275 g/mol. The van der Waals surface area contributed by atoms with Crippen molar-refractivity contribution < 1.29 is 18.8 Å². The van der Waals surface area contributed by atoms with Crippen molar-refractivity contribution in [1.29, 1.82) is 0 Å². The van der Waals surface area contributed by atoms with Gasteiger partial charge in [-0.2, -0.15) is 0 Å². The molecule has 2 aromatic rings. The average Bonchev–Trinajstić information content (AvgIpc) is 3.00. The predicted molar refractivity (Wildman–Crippen MR) is 72.7 cm³/mol. The highest BCUT2D eigenvalue weighted by atomic mass is 19.1. The summed E-state index contributed by atoms with van der Waals surface area (Å²) in [6.07, 6.45) is 1.69. The maximum Gasteiger partial charge on any atom is 0.252 e. The van der Waals surface area contributed by atoms with Crippen molar-refractivity contribution >= 4 is 5.91 Å². The normalized spacial score (nSPS) is 9.81. The maximum atomic E-state index is 13.3. The average molecular weight is 288 g/mol. The van der Waals surface area contributed by atoms with E-state index in [9.17, 15) is 9.18 Å². The van der Waals surface area contributed by atoms with Crippen LogP contribution in [-0.2, 0) is 6.54 Å². The summed E-state index contributed by atoms with van der Waals surface area (Å²) in [5.74, 6) is 4.48. The molecule has 6 heteroatoms. The lowest BCUT2D eigenvalue weighted by Crippen LogP contribution is -2.24. The zero-order valence-corrected chi connectivity index (χ0v) is 11.1. The molecule has 0 saturated carbocycles. The first-order chi connectivity index (χ1) is 10.2. The lowest BCUT2D eigenvalue weighted by Gasteiger charge is -2.05. The Morgan fingerprint density at radius 3 is 3.00 bits per heavy atom. The molecule has 5 nitrogen and oxygen atoms in total. The quantitative estimate of drug-likeness (QED) is 0.836. The number of benzene rings is 1. The van der Waals surface area contributed by atoms with Gasteiger partial charge < -0.3 is 14.9 Å². The summed E-state index contributed by atoms with van der Waals surface area (Å²) < 4.78 is 18.0. The number of nitrogens with zero attached hydrogens (tertiary/aromatic N) is 1. The molecule has 1 aromatic carbocycles. The Morgan fingerprint density at radius 1 is 1.43 bits per heavy atom. The molecule has 1 amide bonds. The number of hydrogen-bond acceptors (Lipinski definition) is 4. The second-order valence-corrected chi connectivity index (χ2v) is 4.14. The van der Waals surface area contributed by atoms with E-state index >= 15 is 0 Å². The summed E-state index contributed by atoms with van der Waals surface area (Å²) in [6, 6.07) is 5.41. The molecule has 1 aromatic heterocycles. The number of halogens is 1. The van der Waals surface area contributed by atoms with Crippen LogP contribution in [-0.4, -0.2) is 22.8 Å². The highest BCUT2D eigenvalue weighted by Crippen LogP contribution is 2.11. The second kappa shape index (κ2) is 7.22. The third kappa shape index (κ3) is 4.16. The molecule has 2 N–H and O–H groups in total. The minimum Gasteiger partial charge on any atom is -0.395 e. The lowest BCUT2D eigenvalue weighted by atomic mass is 10.1. The van der Waals surface area contributed by atoms with Crippen LogP contribution >= 0.6 is 0 Å². The summed E-state index contributed by atoms with van der Waals surface area (Å²) in [6.45, 7) is 0.108. The Hall–Kier alpha value is -2.65. The van der Waals surface area contributed by atoms with Crippen LogP contribution in [0.1, 0.15) is 28.0 Å². The van der Waals surface area contributed by atoms with Gasteiger partial charge in [-0.15, -0.1) is 0 Å². The standard InChI is InChI=1S/C15H13FN2O3/c16-12-5-4-11(3-1-2-7-19)14(9-12)15(20)17-10-13-6-8-21-18-13/h4-6,8-9,19H,2,7,10H2,(H,17,20). The van der Waals surface area contributed by atoms with Gasteiger partial charge in [-0.05, 0) is 18.2 Å². The van der Waals surface area contributed by atoms with Crippen LogP contribution in [0.15, 0.2) is 35.1 Å². The third-order valence-electron chi connectivity index (χ3n) is 2.61. The number of carbonyl (C=O) groups is 1. The number of aliphatic hydroxyl groups is 1. The van der Waals surface area contributed by atoms with Gasteiger partial charge in [-0.3, -0.25) is 4.79 Å². The van der Waals surface area contributed by atoms with Crippen LogP contribution in [0.25, 0.3) is 0 Å². The summed E-state index contributed by atoms with van der Waals surface area (Å²) in [7, 11) is 0. The van der Waals surface area contributed by atoms with Crippen molar-refractivity contribution in [2.75, 3.05) is 6.61 Å². The van der Waals surface area contributed by atoms with Gasteiger partial charge in [0.1, 0.15) is 17.8 Å². The Bertz CT molecular complexity index is 672. The number of carbonyl (C=O) groups excluding carboxylic acids is 1. The zero-order chi connectivity index (χ0) is 15.1. The molecule has 108 valence electrons. The molecule has 0 radical (unpaired) electrons. The summed E-state index contributed by atoms with van der Waals surface area (Å²) >= 11 is 0. The fraction of sp³-hybridized carbons (Fsp3) is 0.200. The molecule has 0 aliphatic rings. The van der Waals surface area contributed by atoms with Crippen LogP contribution < -0.4 is 5.32 Å². The van der Waals surface area contributed by atoms with Crippen molar-refractivity contribution in [1.82, 2.24) is 10.5 Å². The first-order valence-corrected chi connectivity index (χ1v) is 6.27. The van der Waals surface area contributed by atoms with E-state index in [4.69, 9.17) is 5.11 Å². The van der Waals surface area contributed by atoms with Crippen LogP contribution in [0, 0.1) is 17.7 Å². The number of amides is 1. The third-order valence-corrected chi connectivity index (χ3v) is 2.61. The molecule has 0 aliphatic carbocycles. The van der Waals surface area contributed by atoms with E-state index in [0.29, 0.717) is 11.3 Å². The van der Waals surface area contributed by atoms with Gasteiger partial charge in [0, 0.05) is 18.1 Å². The summed E-state index contributed by atoms with van der Waals surface area (Å²) in [5.41, 5.74) is 1.11. The van der Waals surface area contributed by atoms with Gasteiger partial charge >= 0.3 is 0 Å². The largest absolute Gasteiger partial charge is 0.395 e. The summed E-state index contributed by atoms with van der Waals surface area (Å²) in [4.78, 5) is 12.1. The van der Waals surface area contributed by atoms with Crippen LogP contribution in [0.5, 0.6) is 0 Å². The molecule has 2 rings (SSSR count). The first kappa shape index (κ1) is 14.8. The van der Waals surface area contributed by atoms with Gasteiger partial charge in [0.05, 0.1) is 18.7 Å². The van der Waals surface area contributed by atoms with Crippen LogP contribution in [0.2, 0.25) is 0 Å². The van der Waals surface area contributed by atoms with Gasteiger partial charge in [-0.1, -0.05) is 17.0 Å². The van der Waals surface area contributed by atoms with E-state index in [1.807, 2.05) is 0 Å². The fourth-order valence-electron chi connectivity index (χ4n) is 1.62. The van der Waals surface area contributed by atoms with Crippen molar-refractivity contribution in [3.63, 3.8) is 0 Å². The van der Waals surface area contributed by atoms with Crippen LogP contribution in [0.4, 0.5) is 4.39 Å². The minimum atomic E-state index is -0.519. The van der Waals surface area contributed by atoms with E-state index < -0.39 is 11.7 Å². The monoisotopic (exact) mass is 288 g/mol. The molecule has 0 spiro atoms. The van der Waals surface area contributed by atoms with Crippen molar-refractivity contribution in [2.45, 2.75) is 13.0 Å². The molecule has 0 bridgehead atoms. The Labute approximate surface area is 120 Å². The lowest BCUT2D eigenvalue weighted by molar-refractivity contribution is 0.0949. The van der Waals surface area contributed by atoms with Crippen LogP contribution in [0.3, 0.4) is 0 Å². The number of hydrogen-bond donors (Lipinski definition) is 2. The van der Waals surface area contributed by atoms with E-state index in [-0.39, 0.29) is 25.1 Å². The number of nitrogens with one attached hydrogen (secondary N) is 1. The smallest absolute Gasteiger partial charge is 0.252 e. The molecule has 0 saturated heterocycles. The second-order valence-electron chi connectivity index (χ2n) is 4.14. The van der Waals surface area contributed by atoms with Gasteiger partial charge in [-0.25, -0.2) is 4.39 Å². The molecular formula is C15H13FN2O3. The number of rotatable bonds is 4. The first-order valence-electron chi connectivity index (χ1n) is 6.27. The Balaban J connectivity index is 2.15. The maximum absolute atomic E-state index is 13.3. The van der Waals surface area contributed by atoms with Crippen molar-refractivity contribution in [3.8, 4) is 11.8 Å². The van der Waals surface area contributed by atoms with E-state index in [2.05, 4.69) is 26.8 Å². The minimum absolute atomic E-state index is 0.0676. The predicted octanol–water partition coefficient (Wildman–Crippen LogP) is 1.48. The Morgan fingerprint density at radius 2 is 2.29 bits per heavy atom. The number of aliphatic hydroxyl groups excluding tert-OH is 1.